The summed E-state index contributed by atoms with van der Waals surface area (Å²) in [6.45, 7) is 4.65. The average molecular weight is 328 g/mol. The molecule has 1 aliphatic rings. The van der Waals surface area contributed by atoms with Gasteiger partial charge in [-0.1, -0.05) is 35.7 Å². The van der Waals surface area contributed by atoms with E-state index in [1.807, 2.05) is 6.07 Å². The minimum Gasteiger partial charge on any atom is -0.300 e. The van der Waals surface area contributed by atoms with Crippen molar-refractivity contribution in [3.63, 3.8) is 0 Å². The standard InChI is InChI=1S/C16H23BrFN/c1-2-6-15(19-9-4-3-5-10-19)12-13-11-14(18)7-8-16(13)17/h7-8,11,15H,2-6,9-10,12H2,1H3. The lowest BCUT2D eigenvalue weighted by Gasteiger charge is -2.35. The fraction of sp³-hybridized carbons (Fsp3) is 0.625. The second-order valence-corrected chi connectivity index (χ2v) is 6.33. The highest BCUT2D eigenvalue weighted by atomic mass is 79.9. The van der Waals surface area contributed by atoms with Crippen molar-refractivity contribution in [1.82, 2.24) is 4.90 Å². The highest BCUT2D eigenvalue weighted by Gasteiger charge is 2.21. The molecule has 19 heavy (non-hydrogen) atoms. The highest BCUT2D eigenvalue weighted by molar-refractivity contribution is 9.10. The summed E-state index contributed by atoms with van der Waals surface area (Å²) < 4.78 is 14.4. The molecule has 0 saturated carbocycles. The van der Waals surface area contributed by atoms with E-state index in [1.54, 1.807) is 6.07 Å². The van der Waals surface area contributed by atoms with Gasteiger partial charge in [0.1, 0.15) is 5.82 Å². The molecule has 0 spiro atoms. The molecule has 2 rings (SSSR count). The van der Waals surface area contributed by atoms with E-state index in [4.69, 9.17) is 0 Å². The van der Waals surface area contributed by atoms with Crippen LogP contribution in [-0.4, -0.2) is 24.0 Å². The van der Waals surface area contributed by atoms with Crippen molar-refractivity contribution in [1.29, 1.82) is 0 Å². The molecule has 1 aliphatic heterocycles. The second kappa shape index (κ2) is 7.39. The maximum absolute atomic E-state index is 13.4. The van der Waals surface area contributed by atoms with Crippen molar-refractivity contribution in [3.05, 3.63) is 34.1 Å². The first-order chi connectivity index (χ1) is 9.20. The summed E-state index contributed by atoms with van der Waals surface area (Å²) >= 11 is 3.55. The fourth-order valence-electron chi connectivity index (χ4n) is 2.98. The summed E-state index contributed by atoms with van der Waals surface area (Å²) in [4.78, 5) is 2.60. The first-order valence-corrected chi connectivity index (χ1v) is 8.18. The van der Waals surface area contributed by atoms with Gasteiger partial charge >= 0.3 is 0 Å². The normalized spacial score (nSPS) is 18.5. The smallest absolute Gasteiger partial charge is 0.123 e. The second-order valence-electron chi connectivity index (χ2n) is 5.48. The quantitative estimate of drug-likeness (QED) is 0.751. The molecule has 1 aromatic carbocycles. The van der Waals surface area contributed by atoms with Gasteiger partial charge < -0.3 is 4.90 Å². The third kappa shape index (κ3) is 4.28. The molecule has 0 N–H and O–H groups in total. The minimum atomic E-state index is -0.132. The van der Waals surface area contributed by atoms with Crippen molar-refractivity contribution in [2.24, 2.45) is 0 Å². The molecule has 1 fully saturated rings. The summed E-state index contributed by atoms with van der Waals surface area (Å²) in [6, 6.07) is 5.58. The lowest BCUT2D eigenvalue weighted by molar-refractivity contribution is 0.153. The van der Waals surface area contributed by atoms with Crippen molar-refractivity contribution in [2.75, 3.05) is 13.1 Å². The van der Waals surface area contributed by atoms with Crippen LogP contribution in [0.3, 0.4) is 0 Å². The summed E-state index contributed by atoms with van der Waals surface area (Å²) in [6.07, 6.45) is 7.32. The first kappa shape index (κ1) is 15.0. The molecule has 0 aliphatic carbocycles. The van der Waals surface area contributed by atoms with E-state index in [2.05, 4.69) is 27.8 Å². The third-order valence-electron chi connectivity index (χ3n) is 3.99. The van der Waals surface area contributed by atoms with Crippen LogP contribution in [-0.2, 0) is 6.42 Å². The Labute approximate surface area is 124 Å². The molecule has 1 unspecified atom stereocenters. The molecule has 0 bridgehead atoms. The Morgan fingerprint density at radius 2 is 2.00 bits per heavy atom. The lowest BCUT2D eigenvalue weighted by Crippen LogP contribution is -2.40. The third-order valence-corrected chi connectivity index (χ3v) is 4.77. The van der Waals surface area contributed by atoms with Gasteiger partial charge in [0.25, 0.3) is 0 Å². The Morgan fingerprint density at radius 1 is 1.26 bits per heavy atom. The van der Waals surface area contributed by atoms with Gasteiger partial charge in [-0.25, -0.2) is 4.39 Å². The van der Waals surface area contributed by atoms with Gasteiger partial charge in [0.05, 0.1) is 0 Å². The van der Waals surface area contributed by atoms with Crippen molar-refractivity contribution in [2.45, 2.75) is 51.5 Å². The van der Waals surface area contributed by atoms with Crippen LogP contribution in [0.15, 0.2) is 22.7 Å². The number of likely N-dealkylation sites (tertiary alicyclic amines) is 1. The van der Waals surface area contributed by atoms with E-state index in [-0.39, 0.29) is 5.82 Å². The van der Waals surface area contributed by atoms with Crippen molar-refractivity contribution < 1.29 is 4.39 Å². The number of benzene rings is 1. The molecule has 0 amide bonds. The average Bonchev–Trinajstić information content (AvgIpc) is 2.43. The molecule has 0 aromatic heterocycles. The van der Waals surface area contributed by atoms with E-state index in [0.717, 1.165) is 16.5 Å². The molecule has 0 radical (unpaired) electrons. The Balaban J connectivity index is 2.08. The van der Waals surface area contributed by atoms with E-state index in [0.29, 0.717) is 6.04 Å². The van der Waals surface area contributed by atoms with Gasteiger partial charge in [0.2, 0.25) is 0 Å². The van der Waals surface area contributed by atoms with E-state index in [1.165, 1.54) is 51.3 Å². The number of halogens is 2. The van der Waals surface area contributed by atoms with E-state index < -0.39 is 0 Å². The zero-order valence-corrected chi connectivity index (χ0v) is 13.3. The zero-order valence-electron chi connectivity index (χ0n) is 11.7. The number of hydrogen-bond acceptors (Lipinski definition) is 1. The first-order valence-electron chi connectivity index (χ1n) is 7.38. The van der Waals surface area contributed by atoms with Crippen LogP contribution in [0.1, 0.15) is 44.6 Å². The van der Waals surface area contributed by atoms with Crippen LogP contribution in [0.25, 0.3) is 0 Å². The van der Waals surface area contributed by atoms with E-state index >= 15 is 0 Å². The van der Waals surface area contributed by atoms with Gasteiger partial charge in [-0.3, -0.25) is 0 Å². The van der Waals surface area contributed by atoms with Crippen LogP contribution in [0, 0.1) is 5.82 Å². The predicted molar refractivity (Wildman–Crippen MR) is 81.9 cm³/mol. The van der Waals surface area contributed by atoms with Gasteiger partial charge in [-0.15, -0.1) is 0 Å². The van der Waals surface area contributed by atoms with E-state index in [9.17, 15) is 4.39 Å². The molecule has 1 heterocycles. The maximum atomic E-state index is 13.4. The monoisotopic (exact) mass is 327 g/mol. The molecule has 3 heteroatoms. The van der Waals surface area contributed by atoms with Crippen molar-refractivity contribution >= 4 is 15.9 Å². The fourth-order valence-corrected chi connectivity index (χ4v) is 3.39. The molecular weight excluding hydrogens is 305 g/mol. The lowest BCUT2D eigenvalue weighted by atomic mass is 9.98. The summed E-state index contributed by atoms with van der Waals surface area (Å²) in [5.74, 6) is -0.132. The number of hydrogen-bond donors (Lipinski definition) is 0. The van der Waals surface area contributed by atoms with Gasteiger partial charge in [-0.05, 0) is 62.5 Å². The highest BCUT2D eigenvalue weighted by Crippen LogP contribution is 2.24. The zero-order chi connectivity index (χ0) is 13.7. The molecule has 106 valence electrons. The molecule has 1 atom stereocenters. The van der Waals surface area contributed by atoms with Gasteiger partial charge in [-0.2, -0.15) is 0 Å². The molecule has 1 saturated heterocycles. The minimum absolute atomic E-state index is 0.132. The molecule has 1 nitrogen and oxygen atoms in total. The number of piperidine rings is 1. The van der Waals surface area contributed by atoms with Crippen molar-refractivity contribution in [3.8, 4) is 0 Å². The van der Waals surface area contributed by atoms with Crippen LogP contribution in [0.5, 0.6) is 0 Å². The SMILES string of the molecule is CCCC(Cc1cc(F)ccc1Br)N1CCCCC1. The largest absolute Gasteiger partial charge is 0.300 e. The number of rotatable bonds is 5. The summed E-state index contributed by atoms with van der Waals surface area (Å²) in [5.41, 5.74) is 1.10. The Hall–Kier alpha value is -0.410. The Morgan fingerprint density at radius 3 is 2.68 bits per heavy atom. The van der Waals surface area contributed by atoms with Crippen LogP contribution in [0.4, 0.5) is 4.39 Å². The topological polar surface area (TPSA) is 3.24 Å². The summed E-state index contributed by atoms with van der Waals surface area (Å²) in [7, 11) is 0. The Kier molecular flexibility index (Phi) is 5.83. The van der Waals surface area contributed by atoms with Gasteiger partial charge in [0.15, 0.2) is 0 Å². The van der Waals surface area contributed by atoms with Crippen LogP contribution < -0.4 is 0 Å². The molecular formula is C16H23BrFN. The van der Waals surface area contributed by atoms with Crippen LogP contribution in [0.2, 0.25) is 0 Å². The Bertz CT molecular complexity index is 402. The van der Waals surface area contributed by atoms with Crippen LogP contribution >= 0.6 is 15.9 Å². The number of nitrogens with zero attached hydrogens (tertiary/aromatic N) is 1. The maximum Gasteiger partial charge on any atom is 0.123 e. The molecule has 1 aromatic rings. The predicted octanol–water partition coefficient (Wildman–Crippen LogP) is 4.79. The summed E-state index contributed by atoms with van der Waals surface area (Å²) in [5, 5.41) is 0. The van der Waals surface area contributed by atoms with Gasteiger partial charge in [0, 0.05) is 10.5 Å².